The number of carbonyl (C=O) groups is 1. The number of nitrogens with one attached hydrogen (secondary N) is 4. The van der Waals surface area contributed by atoms with Crippen LogP contribution in [0, 0.1) is 5.82 Å². The third-order valence-corrected chi connectivity index (χ3v) is 6.17. The van der Waals surface area contributed by atoms with Gasteiger partial charge in [-0.3, -0.25) is 5.10 Å². The van der Waals surface area contributed by atoms with Gasteiger partial charge in [-0.2, -0.15) is 31.4 Å². The van der Waals surface area contributed by atoms with Gasteiger partial charge in [0.05, 0.1) is 28.0 Å². The average Bonchev–Trinajstić information content (AvgIpc) is 3.39. The zero-order valence-electron chi connectivity index (χ0n) is 20.9. The van der Waals surface area contributed by atoms with Crippen molar-refractivity contribution >= 4 is 29.0 Å². The number of aromatic amines is 1. The fraction of sp³-hybridized carbons (Fsp3) is 0.185. The number of aromatic nitrogens is 2. The van der Waals surface area contributed by atoms with Crippen molar-refractivity contribution in [2.75, 3.05) is 23.7 Å². The van der Waals surface area contributed by atoms with Crippen LogP contribution in [0.3, 0.4) is 0 Å². The van der Waals surface area contributed by atoms with E-state index in [1.165, 1.54) is 42.6 Å². The van der Waals surface area contributed by atoms with Crippen LogP contribution in [-0.4, -0.2) is 29.3 Å². The molecule has 216 valence electrons. The molecule has 0 aliphatic rings. The van der Waals surface area contributed by atoms with Crippen LogP contribution < -0.4 is 16.0 Å². The molecule has 14 heteroatoms. The van der Waals surface area contributed by atoms with Gasteiger partial charge < -0.3 is 16.0 Å². The molecular formula is C27H21ClF7N5O. The maximum absolute atomic E-state index is 13.7. The van der Waals surface area contributed by atoms with Crippen LogP contribution >= 0.6 is 11.6 Å². The molecule has 0 aliphatic carbocycles. The Hall–Kier alpha value is -4.26. The summed E-state index contributed by atoms with van der Waals surface area (Å²) >= 11 is 5.57. The molecule has 3 aromatic carbocycles. The van der Waals surface area contributed by atoms with Gasteiger partial charge in [0.1, 0.15) is 5.82 Å². The summed E-state index contributed by atoms with van der Waals surface area (Å²) < 4.78 is 93.3. The maximum atomic E-state index is 13.7. The minimum Gasteiger partial charge on any atom is -0.385 e. The second kappa shape index (κ2) is 12.1. The van der Waals surface area contributed by atoms with Crippen molar-refractivity contribution in [2.24, 2.45) is 0 Å². The normalized spacial score (nSPS) is 11.8. The zero-order valence-corrected chi connectivity index (χ0v) is 21.6. The van der Waals surface area contributed by atoms with Crippen molar-refractivity contribution in [3.63, 3.8) is 0 Å². The molecule has 0 atom stereocenters. The molecule has 4 aromatic rings. The van der Waals surface area contributed by atoms with E-state index in [2.05, 4.69) is 26.1 Å². The van der Waals surface area contributed by atoms with Gasteiger partial charge >= 0.3 is 18.4 Å². The lowest BCUT2D eigenvalue weighted by molar-refractivity contribution is -0.138. The van der Waals surface area contributed by atoms with E-state index >= 15 is 0 Å². The van der Waals surface area contributed by atoms with E-state index in [1.54, 1.807) is 0 Å². The Morgan fingerprint density at radius 1 is 0.854 bits per heavy atom. The first kappa shape index (κ1) is 29.7. The highest BCUT2D eigenvalue weighted by molar-refractivity contribution is 6.31. The lowest BCUT2D eigenvalue weighted by Gasteiger charge is -2.15. The Kier molecular flexibility index (Phi) is 8.76. The second-order valence-electron chi connectivity index (χ2n) is 8.82. The number of alkyl halides is 6. The van der Waals surface area contributed by atoms with Gasteiger partial charge in [0.25, 0.3) is 0 Å². The van der Waals surface area contributed by atoms with Crippen LogP contribution in [0.5, 0.6) is 0 Å². The quantitative estimate of drug-likeness (QED) is 0.122. The molecule has 1 aromatic heterocycles. The largest absolute Gasteiger partial charge is 0.417 e. The van der Waals surface area contributed by atoms with E-state index < -0.39 is 40.4 Å². The molecular weight excluding hydrogens is 579 g/mol. The number of hydrogen-bond acceptors (Lipinski definition) is 3. The summed E-state index contributed by atoms with van der Waals surface area (Å²) in [6.07, 6.45) is -7.68. The molecule has 6 nitrogen and oxygen atoms in total. The van der Waals surface area contributed by atoms with Crippen molar-refractivity contribution in [2.45, 2.75) is 18.8 Å². The zero-order chi connectivity index (χ0) is 29.8. The number of halogens is 8. The molecule has 4 rings (SSSR count). The molecule has 2 amide bonds. The first-order chi connectivity index (χ1) is 19.3. The Morgan fingerprint density at radius 2 is 1.59 bits per heavy atom. The SMILES string of the molecule is O=C(NCCCNc1cc(-c2cn[nH]c2-c2ccc(F)cc2)cc(C(F)(F)F)c1)Nc1ccc(Cl)c(C(F)(F)F)c1. The van der Waals surface area contributed by atoms with Crippen molar-refractivity contribution in [3.05, 3.63) is 88.8 Å². The van der Waals surface area contributed by atoms with E-state index in [1.807, 2.05) is 0 Å². The Morgan fingerprint density at radius 3 is 2.27 bits per heavy atom. The summed E-state index contributed by atoms with van der Waals surface area (Å²) in [5, 5.41) is 13.8. The Bertz CT molecular complexity index is 1520. The molecule has 0 bridgehead atoms. The van der Waals surface area contributed by atoms with Gasteiger partial charge in [-0.15, -0.1) is 0 Å². The molecule has 0 fully saturated rings. The summed E-state index contributed by atoms with van der Waals surface area (Å²) in [7, 11) is 0. The van der Waals surface area contributed by atoms with Crippen LogP contribution in [0.25, 0.3) is 22.4 Å². The smallest absolute Gasteiger partial charge is 0.385 e. The highest BCUT2D eigenvalue weighted by Gasteiger charge is 2.33. The molecule has 0 spiro atoms. The standard InChI is InChI=1S/C27H21ClF7N5O/c28-23-7-6-19(13-22(23)27(33,34)35)39-25(41)37-9-1-8-36-20-11-16(10-17(12-20)26(30,31)32)21-14-38-40-24(21)15-2-4-18(29)5-3-15/h2-7,10-14,36H,1,8-9H2,(H,38,40)(H2,37,39,41). The number of anilines is 2. The summed E-state index contributed by atoms with van der Waals surface area (Å²) in [6.45, 7) is 0.233. The van der Waals surface area contributed by atoms with Crippen LogP contribution in [0.15, 0.2) is 66.9 Å². The molecule has 0 radical (unpaired) electrons. The Balaban J connectivity index is 1.39. The average molecular weight is 600 g/mol. The van der Waals surface area contributed by atoms with Crippen molar-refractivity contribution < 1.29 is 35.5 Å². The summed E-state index contributed by atoms with van der Waals surface area (Å²) in [5.41, 5.74) is -0.422. The molecule has 0 saturated carbocycles. The topological polar surface area (TPSA) is 81.8 Å². The fourth-order valence-corrected chi connectivity index (χ4v) is 4.13. The van der Waals surface area contributed by atoms with Crippen LogP contribution in [0.2, 0.25) is 5.02 Å². The fourth-order valence-electron chi connectivity index (χ4n) is 3.91. The number of amides is 2. The van der Waals surface area contributed by atoms with Crippen molar-refractivity contribution in [1.82, 2.24) is 15.5 Å². The van der Waals surface area contributed by atoms with Gasteiger partial charge in [-0.1, -0.05) is 11.6 Å². The highest BCUT2D eigenvalue weighted by atomic mass is 35.5. The van der Waals surface area contributed by atoms with Gasteiger partial charge in [-0.05, 0) is 72.6 Å². The molecule has 41 heavy (non-hydrogen) atoms. The van der Waals surface area contributed by atoms with Crippen LogP contribution in [-0.2, 0) is 12.4 Å². The summed E-state index contributed by atoms with van der Waals surface area (Å²) in [6, 6.07) is 11.0. The maximum Gasteiger partial charge on any atom is 0.417 e. The lowest BCUT2D eigenvalue weighted by Crippen LogP contribution is -2.30. The van der Waals surface area contributed by atoms with Gasteiger partial charge in [-0.25, -0.2) is 9.18 Å². The number of nitrogens with zero attached hydrogens (tertiary/aromatic N) is 1. The molecule has 0 aliphatic heterocycles. The van der Waals surface area contributed by atoms with E-state index in [4.69, 9.17) is 11.6 Å². The number of carbonyl (C=O) groups excluding carboxylic acids is 1. The van der Waals surface area contributed by atoms with Gasteiger partial charge in [0.2, 0.25) is 0 Å². The minimum absolute atomic E-state index is 0.0703. The van der Waals surface area contributed by atoms with E-state index in [0.717, 1.165) is 18.2 Å². The van der Waals surface area contributed by atoms with Crippen LogP contribution in [0.1, 0.15) is 17.5 Å². The number of H-pyrrole nitrogens is 1. The van der Waals surface area contributed by atoms with E-state index in [-0.39, 0.29) is 36.4 Å². The number of benzene rings is 3. The minimum atomic E-state index is -4.69. The molecule has 0 unspecified atom stereocenters. The third kappa shape index (κ3) is 7.69. The summed E-state index contributed by atoms with van der Waals surface area (Å²) in [5.74, 6) is -0.465. The Labute approximate surface area is 233 Å². The van der Waals surface area contributed by atoms with Crippen molar-refractivity contribution in [1.29, 1.82) is 0 Å². The van der Waals surface area contributed by atoms with Gasteiger partial charge in [0, 0.05) is 35.6 Å². The number of hydrogen-bond donors (Lipinski definition) is 4. The summed E-state index contributed by atoms with van der Waals surface area (Å²) in [4.78, 5) is 12.1. The highest BCUT2D eigenvalue weighted by Crippen LogP contribution is 2.38. The number of rotatable bonds is 8. The predicted molar refractivity (Wildman–Crippen MR) is 141 cm³/mol. The van der Waals surface area contributed by atoms with Crippen molar-refractivity contribution in [3.8, 4) is 22.4 Å². The molecule has 0 saturated heterocycles. The van der Waals surface area contributed by atoms with Gasteiger partial charge in [0.15, 0.2) is 0 Å². The third-order valence-electron chi connectivity index (χ3n) is 5.84. The predicted octanol–water partition coefficient (Wildman–Crippen LogP) is 8.20. The molecule has 4 N–H and O–H groups in total. The van der Waals surface area contributed by atoms with E-state index in [0.29, 0.717) is 22.9 Å². The monoisotopic (exact) mass is 599 g/mol. The first-order valence-electron chi connectivity index (χ1n) is 12.0. The lowest BCUT2D eigenvalue weighted by atomic mass is 9.99. The van der Waals surface area contributed by atoms with Crippen LogP contribution in [0.4, 0.5) is 46.9 Å². The second-order valence-corrected chi connectivity index (χ2v) is 9.22. The first-order valence-corrected chi connectivity index (χ1v) is 12.4. The number of urea groups is 1. The molecule has 1 heterocycles. The van der Waals surface area contributed by atoms with E-state index in [9.17, 15) is 35.5 Å².